The molecule has 96 valence electrons. The first kappa shape index (κ1) is 12.6. The molecule has 0 aliphatic heterocycles. The van der Waals surface area contributed by atoms with Gasteiger partial charge >= 0.3 is 5.69 Å². The molecule has 4 heteroatoms. The molecule has 1 N–H and O–H groups in total. The first-order valence-electron chi connectivity index (χ1n) is 6.40. The number of aromatic nitrogens is 3. The fourth-order valence-electron chi connectivity index (χ4n) is 2.03. The van der Waals surface area contributed by atoms with Gasteiger partial charge in [0.25, 0.3) is 0 Å². The molecule has 2 rings (SSSR count). The number of H-pyrrole nitrogens is 1. The van der Waals surface area contributed by atoms with E-state index in [9.17, 15) is 4.79 Å². The molecular formula is C14H19N3O. The second-order valence-electron chi connectivity index (χ2n) is 4.62. The summed E-state index contributed by atoms with van der Waals surface area (Å²) < 4.78 is 1.73. The van der Waals surface area contributed by atoms with Gasteiger partial charge < -0.3 is 0 Å². The molecule has 0 aliphatic rings. The average molecular weight is 245 g/mol. The summed E-state index contributed by atoms with van der Waals surface area (Å²) >= 11 is 0. The molecule has 2 aromatic rings. The van der Waals surface area contributed by atoms with Crippen LogP contribution in [0.3, 0.4) is 0 Å². The molecule has 0 amide bonds. The van der Waals surface area contributed by atoms with Crippen molar-refractivity contribution < 1.29 is 0 Å². The summed E-state index contributed by atoms with van der Waals surface area (Å²) in [6.45, 7) is 4.78. The predicted octanol–water partition coefficient (Wildman–Crippen LogP) is 2.27. The number of aromatic amines is 1. The van der Waals surface area contributed by atoms with E-state index in [1.807, 2.05) is 12.1 Å². The van der Waals surface area contributed by atoms with Crippen LogP contribution in [0.4, 0.5) is 0 Å². The van der Waals surface area contributed by atoms with Crippen LogP contribution >= 0.6 is 0 Å². The Labute approximate surface area is 107 Å². The number of aryl methyl sites for hydroxylation is 2. The van der Waals surface area contributed by atoms with Crippen molar-refractivity contribution >= 4 is 0 Å². The highest BCUT2D eigenvalue weighted by Gasteiger charge is 2.08. The number of hydrogen-bond donors (Lipinski definition) is 1. The third-order valence-electron chi connectivity index (χ3n) is 3.01. The summed E-state index contributed by atoms with van der Waals surface area (Å²) in [6, 6.07) is 8.21. The molecular weight excluding hydrogens is 226 g/mol. The number of unbranched alkanes of at least 4 members (excludes halogenated alkanes) is 1. The Balaban J connectivity index is 2.22. The minimum atomic E-state index is -0.123. The summed E-state index contributed by atoms with van der Waals surface area (Å²) in [5.74, 6) is 0.850. The monoisotopic (exact) mass is 245 g/mol. The van der Waals surface area contributed by atoms with E-state index in [1.54, 1.807) is 4.57 Å². The fraction of sp³-hybridized carbons (Fsp3) is 0.429. The lowest BCUT2D eigenvalue weighted by Gasteiger charge is -2.06. The lowest BCUT2D eigenvalue weighted by molar-refractivity contribution is 0.666. The van der Waals surface area contributed by atoms with E-state index in [0.717, 1.165) is 30.7 Å². The molecule has 0 fully saturated rings. The van der Waals surface area contributed by atoms with Crippen LogP contribution in [0.1, 0.15) is 36.7 Å². The van der Waals surface area contributed by atoms with Crippen LogP contribution in [0.2, 0.25) is 0 Å². The van der Waals surface area contributed by atoms with Gasteiger partial charge in [-0.3, -0.25) is 4.57 Å². The van der Waals surface area contributed by atoms with E-state index in [2.05, 4.69) is 36.2 Å². The summed E-state index contributed by atoms with van der Waals surface area (Å²) in [5.41, 5.74) is 2.22. The van der Waals surface area contributed by atoms with Gasteiger partial charge in [0, 0.05) is 6.42 Å². The fourth-order valence-corrected chi connectivity index (χ4v) is 2.03. The van der Waals surface area contributed by atoms with Crippen LogP contribution in [0, 0.1) is 6.92 Å². The predicted molar refractivity (Wildman–Crippen MR) is 71.7 cm³/mol. The van der Waals surface area contributed by atoms with Gasteiger partial charge in [-0.1, -0.05) is 43.2 Å². The maximum atomic E-state index is 11.7. The van der Waals surface area contributed by atoms with Crippen molar-refractivity contribution in [3.05, 3.63) is 51.7 Å². The number of rotatable bonds is 5. The smallest absolute Gasteiger partial charge is 0.275 e. The van der Waals surface area contributed by atoms with Crippen LogP contribution in [0.25, 0.3) is 0 Å². The van der Waals surface area contributed by atoms with E-state index < -0.39 is 0 Å². The van der Waals surface area contributed by atoms with Gasteiger partial charge in [-0.05, 0) is 18.9 Å². The third kappa shape index (κ3) is 2.88. The maximum Gasteiger partial charge on any atom is 0.343 e. The highest BCUT2D eigenvalue weighted by molar-refractivity contribution is 5.22. The highest BCUT2D eigenvalue weighted by atomic mass is 16.1. The molecule has 0 atom stereocenters. The molecule has 1 aromatic heterocycles. The first-order valence-corrected chi connectivity index (χ1v) is 6.40. The average Bonchev–Trinajstić information content (AvgIpc) is 2.69. The third-order valence-corrected chi connectivity index (χ3v) is 3.01. The van der Waals surface area contributed by atoms with Crippen LogP contribution in [-0.2, 0) is 13.0 Å². The number of benzene rings is 1. The zero-order valence-electron chi connectivity index (χ0n) is 10.9. The second kappa shape index (κ2) is 5.67. The molecule has 0 spiro atoms. The van der Waals surface area contributed by atoms with Crippen LogP contribution in [0.15, 0.2) is 29.1 Å². The molecule has 18 heavy (non-hydrogen) atoms. The summed E-state index contributed by atoms with van der Waals surface area (Å²) in [5, 5.41) is 6.64. The van der Waals surface area contributed by atoms with Crippen LogP contribution in [-0.4, -0.2) is 14.8 Å². The topological polar surface area (TPSA) is 50.7 Å². The molecule has 0 radical (unpaired) electrons. The molecule has 1 heterocycles. The van der Waals surface area contributed by atoms with Crippen LogP contribution in [0.5, 0.6) is 0 Å². The Bertz CT molecular complexity index is 568. The van der Waals surface area contributed by atoms with Crippen molar-refractivity contribution in [1.82, 2.24) is 14.8 Å². The minimum absolute atomic E-state index is 0.123. The normalized spacial score (nSPS) is 10.8. The second-order valence-corrected chi connectivity index (χ2v) is 4.62. The van der Waals surface area contributed by atoms with Crippen molar-refractivity contribution in [2.45, 2.75) is 39.7 Å². The first-order chi connectivity index (χ1) is 8.70. The van der Waals surface area contributed by atoms with Gasteiger partial charge in [-0.25, -0.2) is 9.89 Å². The van der Waals surface area contributed by atoms with Gasteiger partial charge in [0.05, 0.1) is 6.54 Å². The molecule has 4 nitrogen and oxygen atoms in total. The Morgan fingerprint density at radius 1 is 1.39 bits per heavy atom. The van der Waals surface area contributed by atoms with E-state index in [-0.39, 0.29) is 5.69 Å². The standard InChI is InChI=1S/C14H19N3O/c1-3-4-8-13-15-16-14(18)17(13)10-12-7-5-6-11(2)9-12/h5-7,9H,3-4,8,10H2,1-2H3,(H,16,18). The lowest BCUT2D eigenvalue weighted by Crippen LogP contribution is -2.19. The largest absolute Gasteiger partial charge is 0.343 e. The Morgan fingerprint density at radius 2 is 2.22 bits per heavy atom. The van der Waals surface area contributed by atoms with Crippen molar-refractivity contribution in [3.8, 4) is 0 Å². The van der Waals surface area contributed by atoms with Gasteiger partial charge in [0.1, 0.15) is 5.82 Å². The Kier molecular flexibility index (Phi) is 3.97. The SMILES string of the molecule is CCCCc1n[nH]c(=O)n1Cc1cccc(C)c1. The van der Waals surface area contributed by atoms with Crippen molar-refractivity contribution in [1.29, 1.82) is 0 Å². The lowest BCUT2D eigenvalue weighted by atomic mass is 10.1. The highest BCUT2D eigenvalue weighted by Crippen LogP contribution is 2.07. The minimum Gasteiger partial charge on any atom is -0.275 e. The zero-order chi connectivity index (χ0) is 13.0. The van der Waals surface area contributed by atoms with Gasteiger partial charge in [0.15, 0.2) is 0 Å². The summed E-state index contributed by atoms with van der Waals surface area (Å²) in [6.07, 6.45) is 3.00. The number of nitrogens with one attached hydrogen (secondary N) is 1. The number of hydrogen-bond acceptors (Lipinski definition) is 2. The van der Waals surface area contributed by atoms with Crippen LogP contribution < -0.4 is 5.69 Å². The molecule has 0 saturated heterocycles. The molecule has 0 bridgehead atoms. The molecule has 0 aliphatic carbocycles. The summed E-state index contributed by atoms with van der Waals surface area (Å²) in [7, 11) is 0. The quantitative estimate of drug-likeness (QED) is 0.878. The van der Waals surface area contributed by atoms with Crippen molar-refractivity contribution in [3.63, 3.8) is 0 Å². The van der Waals surface area contributed by atoms with E-state index >= 15 is 0 Å². The Hall–Kier alpha value is -1.84. The van der Waals surface area contributed by atoms with Gasteiger partial charge in [-0.15, -0.1) is 0 Å². The zero-order valence-corrected chi connectivity index (χ0v) is 10.9. The van der Waals surface area contributed by atoms with E-state index in [1.165, 1.54) is 5.56 Å². The Morgan fingerprint density at radius 3 is 2.94 bits per heavy atom. The summed E-state index contributed by atoms with van der Waals surface area (Å²) in [4.78, 5) is 11.7. The molecule has 0 saturated carbocycles. The molecule has 0 unspecified atom stereocenters. The van der Waals surface area contributed by atoms with E-state index in [0.29, 0.717) is 6.54 Å². The van der Waals surface area contributed by atoms with E-state index in [4.69, 9.17) is 0 Å². The van der Waals surface area contributed by atoms with Gasteiger partial charge in [0.2, 0.25) is 0 Å². The van der Waals surface area contributed by atoms with Crippen molar-refractivity contribution in [2.24, 2.45) is 0 Å². The molecule has 1 aromatic carbocycles. The number of nitrogens with zero attached hydrogens (tertiary/aromatic N) is 2. The van der Waals surface area contributed by atoms with Gasteiger partial charge in [-0.2, -0.15) is 5.10 Å². The van der Waals surface area contributed by atoms with Crippen molar-refractivity contribution in [2.75, 3.05) is 0 Å². The maximum absolute atomic E-state index is 11.7.